The fraction of sp³-hybridized carbons (Fsp3) is 0.611. The largest absolute Gasteiger partial charge is 0.355 e. The highest BCUT2D eigenvalue weighted by molar-refractivity contribution is 8.00. The molecule has 4 nitrogen and oxygen atoms in total. The quantitative estimate of drug-likeness (QED) is 0.585. The third-order valence-corrected chi connectivity index (χ3v) is 5.84. The Bertz CT molecular complexity index is 526. The minimum Gasteiger partial charge on any atom is -0.355 e. The fourth-order valence-corrected chi connectivity index (χ4v) is 4.06. The first-order valence-corrected chi connectivity index (χ1v) is 9.51. The van der Waals surface area contributed by atoms with Gasteiger partial charge in [-0.1, -0.05) is 12.1 Å². The molecule has 1 aliphatic heterocycles. The molecular formula is C18H29FN4S. The molecule has 0 radical (unpaired) electrons. The molecule has 0 bridgehead atoms. The molecular weight excluding hydrogens is 323 g/mol. The number of likely N-dealkylation sites (N-methyl/N-ethyl adjacent to an activating group) is 1. The van der Waals surface area contributed by atoms with Crippen LogP contribution in [0.5, 0.6) is 0 Å². The Morgan fingerprint density at radius 3 is 2.71 bits per heavy atom. The lowest BCUT2D eigenvalue weighted by Gasteiger charge is -2.24. The average Bonchev–Trinajstić information content (AvgIpc) is 3.00. The van der Waals surface area contributed by atoms with Crippen LogP contribution in [0.25, 0.3) is 0 Å². The summed E-state index contributed by atoms with van der Waals surface area (Å²) in [4.78, 5) is 6.51. The van der Waals surface area contributed by atoms with Crippen LogP contribution >= 0.6 is 11.8 Å². The summed E-state index contributed by atoms with van der Waals surface area (Å²) >= 11 is 2.05. The van der Waals surface area contributed by atoms with Crippen molar-refractivity contribution in [3.8, 4) is 0 Å². The van der Waals surface area contributed by atoms with Gasteiger partial charge in [0, 0.05) is 38.0 Å². The van der Waals surface area contributed by atoms with Crippen LogP contribution in [0.1, 0.15) is 25.3 Å². The maximum atomic E-state index is 12.9. The topological polar surface area (TPSA) is 39.7 Å². The fourth-order valence-electron chi connectivity index (χ4n) is 2.81. The van der Waals surface area contributed by atoms with Crippen molar-refractivity contribution in [3.05, 3.63) is 35.6 Å². The minimum absolute atomic E-state index is 0.188. The molecule has 0 aliphatic carbocycles. The summed E-state index contributed by atoms with van der Waals surface area (Å²) in [6, 6.07) is 6.68. The standard InChI is InChI=1S/C18H29FN4S/c1-18(9-4-12-24-18)14-22-17(20-2)21-10-11-23(3)13-15-5-7-16(19)8-6-15/h5-8H,4,9-14H2,1-3H3,(H2,20,21,22). The van der Waals surface area contributed by atoms with Crippen molar-refractivity contribution in [1.82, 2.24) is 15.5 Å². The highest BCUT2D eigenvalue weighted by Crippen LogP contribution is 2.36. The zero-order chi connectivity index (χ0) is 17.4. The predicted molar refractivity (Wildman–Crippen MR) is 102 cm³/mol. The number of halogens is 1. The Morgan fingerprint density at radius 1 is 1.33 bits per heavy atom. The maximum Gasteiger partial charge on any atom is 0.191 e. The molecule has 1 saturated heterocycles. The Hall–Kier alpha value is -1.27. The molecule has 1 aromatic carbocycles. The molecule has 2 N–H and O–H groups in total. The number of guanidine groups is 1. The predicted octanol–water partition coefficient (Wildman–Crippen LogP) is 2.71. The molecule has 0 aromatic heterocycles. The van der Waals surface area contributed by atoms with Gasteiger partial charge in [-0.2, -0.15) is 11.8 Å². The number of thioether (sulfide) groups is 1. The molecule has 1 fully saturated rings. The van der Waals surface area contributed by atoms with E-state index in [1.807, 2.05) is 30.9 Å². The second-order valence-corrected chi connectivity index (χ2v) is 8.30. The summed E-state index contributed by atoms with van der Waals surface area (Å²) in [6.07, 6.45) is 2.57. The molecule has 1 aliphatic rings. The first-order valence-electron chi connectivity index (χ1n) is 8.52. The minimum atomic E-state index is -0.188. The Kier molecular flexibility index (Phi) is 7.37. The van der Waals surface area contributed by atoms with E-state index in [1.54, 1.807) is 0 Å². The van der Waals surface area contributed by atoms with Crippen molar-refractivity contribution in [1.29, 1.82) is 0 Å². The number of hydrogen-bond acceptors (Lipinski definition) is 3. The number of aliphatic imine (C=N–C) groups is 1. The van der Waals surface area contributed by atoms with Crippen LogP contribution in [-0.4, -0.2) is 55.1 Å². The molecule has 1 heterocycles. The number of benzene rings is 1. The average molecular weight is 353 g/mol. The highest BCUT2D eigenvalue weighted by atomic mass is 32.2. The van der Waals surface area contributed by atoms with Gasteiger partial charge in [0.2, 0.25) is 0 Å². The Morgan fingerprint density at radius 2 is 2.08 bits per heavy atom. The molecule has 1 atom stereocenters. The van der Waals surface area contributed by atoms with E-state index in [-0.39, 0.29) is 5.82 Å². The smallest absolute Gasteiger partial charge is 0.191 e. The molecule has 2 rings (SSSR count). The number of hydrogen-bond donors (Lipinski definition) is 2. The van der Waals surface area contributed by atoms with Gasteiger partial charge >= 0.3 is 0 Å². The lowest BCUT2D eigenvalue weighted by molar-refractivity contribution is 0.331. The molecule has 1 unspecified atom stereocenters. The third kappa shape index (κ3) is 6.32. The Labute approximate surface area is 149 Å². The van der Waals surface area contributed by atoms with E-state index in [9.17, 15) is 4.39 Å². The normalized spacial score (nSPS) is 21.3. The van der Waals surface area contributed by atoms with Crippen molar-refractivity contribution >= 4 is 17.7 Å². The van der Waals surface area contributed by atoms with Crippen LogP contribution in [0.2, 0.25) is 0 Å². The summed E-state index contributed by atoms with van der Waals surface area (Å²) in [7, 11) is 3.87. The lowest BCUT2D eigenvalue weighted by Crippen LogP contribution is -2.45. The molecule has 0 amide bonds. The van der Waals surface area contributed by atoms with Crippen molar-refractivity contribution in [2.75, 3.05) is 39.5 Å². The maximum absolute atomic E-state index is 12.9. The number of nitrogens with one attached hydrogen (secondary N) is 2. The molecule has 24 heavy (non-hydrogen) atoms. The molecule has 0 spiro atoms. The van der Waals surface area contributed by atoms with Gasteiger partial charge in [-0.25, -0.2) is 4.39 Å². The van der Waals surface area contributed by atoms with E-state index in [2.05, 4.69) is 34.5 Å². The van der Waals surface area contributed by atoms with Crippen LogP contribution in [0.15, 0.2) is 29.3 Å². The van der Waals surface area contributed by atoms with Crippen LogP contribution in [0.4, 0.5) is 4.39 Å². The molecule has 6 heteroatoms. The Balaban J connectivity index is 1.66. The van der Waals surface area contributed by atoms with E-state index in [1.165, 1.54) is 30.7 Å². The van der Waals surface area contributed by atoms with Gasteiger partial charge in [0.05, 0.1) is 0 Å². The van der Waals surface area contributed by atoms with Crippen LogP contribution in [0, 0.1) is 5.82 Å². The molecule has 134 valence electrons. The first kappa shape index (κ1) is 19.1. The van der Waals surface area contributed by atoms with E-state index < -0.39 is 0 Å². The van der Waals surface area contributed by atoms with Gasteiger partial charge in [0.25, 0.3) is 0 Å². The van der Waals surface area contributed by atoms with E-state index in [0.717, 1.165) is 37.7 Å². The summed E-state index contributed by atoms with van der Waals surface area (Å²) in [5.41, 5.74) is 1.12. The van der Waals surface area contributed by atoms with Gasteiger partial charge in [-0.05, 0) is 50.3 Å². The number of nitrogens with zero attached hydrogens (tertiary/aromatic N) is 2. The van der Waals surface area contributed by atoms with Gasteiger partial charge in [-0.15, -0.1) is 0 Å². The van der Waals surface area contributed by atoms with Gasteiger partial charge in [-0.3, -0.25) is 4.99 Å². The second-order valence-electron chi connectivity index (χ2n) is 6.62. The summed E-state index contributed by atoms with van der Waals surface area (Å²) < 4.78 is 13.3. The van der Waals surface area contributed by atoms with Crippen molar-refractivity contribution in [2.24, 2.45) is 4.99 Å². The lowest BCUT2D eigenvalue weighted by atomic mass is 10.1. The van der Waals surface area contributed by atoms with E-state index >= 15 is 0 Å². The van der Waals surface area contributed by atoms with Crippen LogP contribution in [0.3, 0.4) is 0 Å². The summed E-state index contributed by atoms with van der Waals surface area (Å²) in [6.45, 7) is 5.79. The van der Waals surface area contributed by atoms with Gasteiger partial charge in [0.1, 0.15) is 5.82 Å². The van der Waals surface area contributed by atoms with Crippen molar-refractivity contribution in [3.63, 3.8) is 0 Å². The highest BCUT2D eigenvalue weighted by Gasteiger charge is 2.29. The van der Waals surface area contributed by atoms with E-state index in [0.29, 0.717) is 4.75 Å². The summed E-state index contributed by atoms with van der Waals surface area (Å²) in [5.74, 6) is 1.93. The van der Waals surface area contributed by atoms with Gasteiger partial charge in [0.15, 0.2) is 5.96 Å². The van der Waals surface area contributed by atoms with Gasteiger partial charge < -0.3 is 15.5 Å². The third-order valence-electron chi connectivity index (χ3n) is 4.31. The summed E-state index contributed by atoms with van der Waals surface area (Å²) in [5, 5.41) is 6.80. The molecule has 1 aromatic rings. The van der Waals surface area contributed by atoms with Crippen molar-refractivity contribution in [2.45, 2.75) is 31.1 Å². The molecule has 0 saturated carbocycles. The zero-order valence-electron chi connectivity index (χ0n) is 14.9. The SMILES string of the molecule is CN=C(NCCN(C)Cc1ccc(F)cc1)NCC1(C)CCCS1. The van der Waals surface area contributed by atoms with Crippen LogP contribution in [-0.2, 0) is 6.54 Å². The second kappa shape index (κ2) is 9.28. The van der Waals surface area contributed by atoms with Crippen molar-refractivity contribution < 1.29 is 4.39 Å². The number of rotatable bonds is 7. The zero-order valence-corrected chi connectivity index (χ0v) is 15.8. The van der Waals surface area contributed by atoms with E-state index in [4.69, 9.17) is 0 Å². The first-order chi connectivity index (χ1) is 11.5. The van der Waals surface area contributed by atoms with Crippen LogP contribution < -0.4 is 10.6 Å². The monoisotopic (exact) mass is 352 g/mol.